The van der Waals surface area contributed by atoms with Crippen LogP contribution in [0.2, 0.25) is 0 Å². The Morgan fingerprint density at radius 2 is 1.30 bits per heavy atom. The average molecular weight is 400 g/mol. The molecule has 0 radical (unpaired) electrons. The molecule has 0 aliphatic carbocycles. The van der Waals surface area contributed by atoms with E-state index in [9.17, 15) is 0 Å². The summed E-state index contributed by atoms with van der Waals surface area (Å²) in [5.41, 5.74) is 4.99. The molecule has 7 aromatic rings. The van der Waals surface area contributed by atoms with Crippen molar-refractivity contribution in [2.75, 3.05) is 0 Å². The van der Waals surface area contributed by atoms with Crippen molar-refractivity contribution in [3.63, 3.8) is 0 Å². The van der Waals surface area contributed by atoms with E-state index in [-0.39, 0.29) is 0 Å². The number of hydrogen-bond acceptors (Lipinski definition) is 1. The highest BCUT2D eigenvalue weighted by molar-refractivity contribution is 7.26. The summed E-state index contributed by atoms with van der Waals surface area (Å²) in [7, 11) is 0. The molecule has 0 aliphatic heterocycles. The fourth-order valence-electron chi connectivity index (χ4n) is 4.70. The van der Waals surface area contributed by atoms with Crippen molar-refractivity contribution in [3.05, 3.63) is 97.1 Å². The van der Waals surface area contributed by atoms with Gasteiger partial charge >= 0.3 is 0 Å². The van der Waals surface area contributed by atoms with Crippen molar-refractivity contribution in [2.45, 2.75) is 0 Å². The predicted octanol–water partition coefficient (Wildman–Crippen LogP) is 8.51. The highest BCUT2D eigenvalue weighted by Crippen LogP contribution is 2.41. The molecule has 0 amide bonds. The van der Waals surface area contributed by atoms with E-state index in [1.54, 1.807) is 0 Å². The number of para-hydroxylation sites is 1. The van der Waals surface area contributed by atoms with Crippen LogP contribution in [0.1, 0.15) is 0 Å². The van der Waals surface area contributed by atoms with E-state index in [0.29, 0.717) is 0 Å². The van der Waals surface area contributed by atoms with E-state index in [0.717, 1.165) is 0 Å². The van der Waals surface area contributed by atoms with Crippen LogP contribution in [0.5, 0.6) is 0 Å². The lowest BCUT2D eigenvalue weighted by molar-refractivity contribution is 1.57. The minimum Gasteiger partial charge on any atom is -0.353 e. The zero-order valence-corrected chi connectivity index (χ0v) is 17.0. The number of thiophene rings is 1. The van der Waals surface area contributed by atoms with E-state index in [1.165, 1.54) is 63.9 Å². The molecule has 1 nitrogen and oxygen atoms in total. The van der Waals surface area contributed by atoms with Gasteiger partial charge in [0.2, 0.25) is 0 Å². The molecule has 1 N–H and O–H groups in total. The number of aromatic nitrogens is 1. The maximum atomic E-state index is 3.66. The first-order valence-corrected chi connectivity index (χ1v) is 11.0. The Labute approximate surface area is 177 Å². The number of H-pyrrole nitrogens is 1. The van der Waals surface area contributed by atoms with Crippen molar-refractivity contribution in [1.29, 1.82) is 0 Å². The first-order valence-electron chi connectivity index (χ1n) is 10.2. The first kappa shape index (κ1) is 16.2. The van der Waals surface area contributed by atoms with Crippen LogP contribution in [0.15, 0.2) is 97.1 Å². The second-order valence-electron chi connectivity index (χ2n) is 7.91. The molecule has 0 aliphatic rings. The number of nitrogens with one attached hydrogen (secondary N) is 1. The third kappa shape index (κ3) is 2.23. The van der Waals surface area contributed by atoms with Crippen LogP contribution < -0.4 is 0 Å². The standard InChI is InChI=1S/C28H17NS/c1-2-6-18-15-19(10-9-17(18)5-1)20-11-14-26-24(16-20)23-13-12-22-21-7-3-4-8-25(21)29-27(22)28(23)30-26/h1-16,29H. The molecule has 0 spiro atoms. The van der Waals surface area contributed by atoms with Gasteiger partial charge in [-0.15, -0.1) is 11.3 Å². The molecule has 2 aromatic heterocycles. The number of benzene rings is 5. The molecule has 5 aromatic carbocycles. The minimum absolute atomic E-state index is 1.20. The van der Waals surface area contributed by atoms with Crippen LogP contribution in [-0.4, -0.2) is 4.98 Å². The van der Waals surface area contributed by atoms with E-state index in [2.05, 4.69) is 102 Å². The Morgan fingerprint density at radius 3 is 2.27 bits per heavy atom. The summed E-state index contributed by atoms with van der Waals surface area (Å²) in [6, 6.07) is 35.3. The maximum absolute atomic E-state index is 3.66. The molecule has 2 heterocycles. The van der Waals surface area contributed by atoms with Gasteiger partial charge in [-0.25, -0.2) is 0 Å². The predicted molar refractivity (Wildman–Crippen MR) is 132 cm³/mol. The van der Waals surface area contributed by atoms with Crippen molar-refractivity contribution in [1.82, 2.24) is 4.98 Å². The molecule has 0 fully saturated rings. The van der Waals surface area contributed by atoms with Gasteiger partial charge in [0, 0.05) is 31.8 Å². The largest absolute Gasteiger partial charge is 0.353 e. The highest BCUT2D eigenvalue weighted by atomic mass is 32.1. The summed E-state index contributed by atoms with van der Waals surface area (Å²) in [6.07, 6.45) is 0. The van der Waals surface area contributed by atoms with Crippen LogP contribution in [0, 0.1) is 0 Å². The second kappa shape index (κ2) is 5.94. The SMILES string of the molecule is c1ccc2cc(-c3ccc4sc5c(ccc6c7ccccc7[nH]c65)c4c3)ccc2c1. The van der Waals surface area contributed by atoms with Crippen molar-refractivity contribution in [2.24, 2.45) is 0 Å². The topological polar surface area (TPSA) is 15.8 Å². The van der Waals surface area contributed by atoms with Gasteiger partial charge in [-0.05, 0) is 46.2 Å². The molecule has 0 bridgehead atoms. The zero-order valence-electron chi connectivity index (χ0n) is 16.1. The lowest BCUT2D eigenvalue weighted by Gasteiger charge is -2.05. The van der Waals surface area contributed by atoms with Crippen LogP contribution in [-0.2, 0) is 0 Å². The summed E-state index contributed by atoms with van der Waals surface area (Å²) < 4.78 is 2.68. The smallest absolute Gasteiger partial charge is 0.0646 e. The number of fused-ring (bicyclic) bond motifs is 8. The molecule has 30 heavy (non-hydrogen) atoms. The van der Waals surface area contributed by atoms with Gasteiger partial charge in [-0.2, -0.15) is 0 Å². The van der Waals surface area contributed by atoms with Crippen LogP contribution in [0.25, 0.3) is 63.9 Å². The fourth-order valence-corrected chi connectivity index (χ4v) is 5.88. The average Bonchev–Trinajstić information content (AvgIpc) is 3.36. The monoisotopic (exact) mass is 399 g/mol. The Bertz CT molecular complexity index is 1750. The normalized spacial score (nSPS) is 12.0. The van der Waals surface area contributed by atoms with E-state index < -0.39 is 0 Å². The Kier molecular flexibility index (Phi) is 3.21. The lowest BCUT2D eigenvalue weighted by atomic mass is 9.99. The molecule has 0 saturated carbocycles. The summed E-state index contributed by atoms with van der Waals surface area (Å²) in [6.45, 7) is 0. The van der Waals surface area contributed by atoms with Crippen LogP contribution >= 0.6 is 11.3 Å². The molecule has 7 rings (SSSR count). The van der Waals surface area contributed by atoms with Gasteiger partial charge in [0.15, 0.2) is 0 Å². The van der Waals surface area contributed by atoms with Gasteiger partial charge in [0.05, 0.1) is 10.2 Å². The highest BCUT2D eigenvalue weighted by Gasteiger charge is 2.13. The summed E-state index contributed by atoms with van der Waals surface area (Å²) in [5.74, 6) is 0. The fraction of sp³-hybridized carbons (Fsp3) is 0. The third-order valence-electron chi connectivity index (χ3n) is 6.20. The van der Waals surface area contributed by atoms with Gasteiger partial charge in [0.1, 0.15) is 0 Å². The number of aromatic amines is 1. The third-order valence-corrected chi connectivity index (χ3v) is 7.40. The Morgan fingerprint density at radius 1 is 0.533 bits per heavy atom. The van der Waals surface area contributed by atoms with E-state index >= 15 is 0 Å². The van der Waals surface area contributed by atoms with Crippen LogP contribution in [0.4, 0.5) is 0 Å². The Hall–Kier alpha value is -3.62. The quantitative estimate of drug-likeness (QED) is 0.285. The van der Waals surface area contributed by atoms with E-state index in [4.69, 9.17) is 0 Å². The molecule has 0 unspecified atom stereocenters. The summed E-state index contributed by atoms with van der Waals surface area (Å²) in [4.78, 5) is 3.66. The van der Waals surface area contributed by atoms with Gasteiger partial charge < -0.3 is 4.98 Å². The summed E-state index contributed by atoms with van der Waals surface area (Å²) >= 11 is 1.88. The van der Waals surface area contributed by atoms with Crippen molar-refractivity contribution >= 4 is 64.1 Å². The molecule has 0 atom stereocenters. The van der Waals surface area contributed by atoms with Gasteiger partial charge in [-0.3, -0.25) is 0 Å². The molecular weight excluding hydrogens is 382 g/mol. The zero-order chi connectivity index (χ0) is 19.7. The minimum atomic E-state index is 1.20. The van der Waals surface area contributed by atoms with Gasteiger partial charge in [0.25, 0.3) is 0 Å². The second-order valence-corrected chi connectivity index (χ2v) is 8.96. The number of hydrogen-bond donors (Lipinski definition) is 1. The van der Waals surface area contributed by atoms with Gasteiger partial charge in [-0.1, -0.05) is 72.8 Å². The van der Waals surface area contributed by atoms with E-state index in [1.807, 2.05) is 11.3 Å². The molecular formula is C28H17NS. The summed E-state index contributed by atoms with van der Waals surface area (Å²) in [5, 5.41) is 7.83. The lowest BCUT2D eigenvalue weighted by Crippen LogP contribution is -1.79. The maximum Gasteiger partial charge on any atom is 0.0646 e. The molecule has 2 heteroatoms. The number of rotatable bonds is 1. The van der Waals surface area contributed by atoms with Crippen LogP contribution in [0.3, 0.4) is 0 Å². The molecule has 0 saturated heterocycles. The Balaban J connectivity index is 1.49. The first-order chi connectivity index (χ1) is 14.8. The molecule has 140 valence electrons. The van der Waals surface area contributed by atoms with Crippen molar-refractivity contribution < 1.29 is 0 Å². The van der Waals surface area contributed by atoms with Crippen molar-refractivity contribution in [3.8, 4) is 11.1 Å².